The van der Waals surface area contributed by atoms with Crippen LogP contribution in [0.3, 0.4) is 0 Å². The molecule has 4 atom stereocenters. The Morgan fingerprint density at radius 3 is 2.63 bits per heavy atom. The van der Waals surface area contributed by atoms with E-state index in [1.807, 2.05) is 0 Å². The second-order valence-electron chi connectivity index (χ2n) is 4.64. The molecule has 1 rings (SSSR count). The van der Waals surface area contributed by atoms with Gasteiger partial charge in [-0.2, -0.15) is 0 Å². The average Bonchev–Trinajstić information content (AvgIpc) is 2.30. The first-order valence-electron chi connectivity index (χ1n) is 6.16. The molecule has 110 valence electrons. The zero-order valence-corrected chi connectivity index (χ0v) is 11.5. The molecule has 1 aliphatic rings. The maximum Gasteiger partial charge on any atom is 0.309 e. The van der Waals surface area contributed by atoms with E-state index in [2.05, 4.69) is 0 Å². The average molecular weight is 296 g/mol. The zero-order valence-electron chi connectivity index (χ0n) is 10.7. The molecule has 0 amide bonds. The first-order valence-corrected chi connectivity index (χ1v) is 7.14. The van der Waals surface area contributed by atoms with Gasteiger partial charge in [-0.15, -0.1) is 0 Å². The summed E-state index contributed by atoms with van der Waals surface area (Å²) in [6, 6.07) is 0. The summed E-state index contributed by atoms with van der Waals surface area (Å²) in [6.07, 6.45) is -2.96. The highest BCUT2D eigenvalue weighted by Crippen LogP contribution is 2.27. The van der Waals surface area contributed by atoms with Gasteiger partial charge in [0, 0.05) is 19.1 Å². The molecule has 1 N–H and O–H groups in total. The first-order chi connectivity index (χ1) is 8.90. The molecule has 1 saturated carbocycles. The summed E-state index contributed by atoms with van der Waals surface area (Å²) in [5.41, 5.74) is 0. The number of rotatable bonds is 6. The number of thioether (sulfide) groups is 1. The molecule has 1 aliphatic carbocycles. The summed E-state index contributed by atoms with van der Waals surface area (Å²) in [5, 5.41) is 8.79. The number of hydrogen-bond donors (Lipinski definition) is 1. The lowest BCUT2D eigenvalue weighted by atomic mass is 9.94. The fourth-order valence-electron chi connectivity index (χ4n) is 1.88. The third kappa shape index (κ3) is 5.86. The lowest BCUT2D eigenvalue weighted by Gasteiger charge is -2.28. The first kappa shape index (κ1) is 16.4. The van der Waals surface area contributed by atoms with Gasteiger partial charge in [-0.3, -0.25) is 9.59 Å². The van der Waals surface area contributed by atoms with Crippen molar-refractivity contribution in [2.45, 2.75) is 44.6 Å². The highest BCUT2D eigenvalue weighted by Gasteiger charge is 2.32. The molecule has 1 fully saturated rings. The van der Waals surface area contributed by atoms with Gasteiger partial charge in [0.25, 0.3) is 0 Å². The molecule has 4 unspecified atom stereocenters. The number of carbonyl (C=O) groups excluding carboxylic acids is 1. The largest absolute Gasteiger partial charge is 0.481 e. The fourth-order valence-corrected chi connectivity index (χ4v) is 2.55. The minimum Gasteiger partial charge on any atom is -0.481 e. The number of aliphatic carboxylic acids is 1. The van der Waals surface area contributed by atoms with E-state index in [1.165, 1.54) is 6.92 Å². The number of alkyl halides is 2. The lowest BCUT2D eigenvalue weighted by Crippen LogP contribution is -2.36. The molecule has 0 aromatic heterocycles. The minimum atomic E-state index is -1.39. The maximum atomic E-state index is 13.5. The van der Waals surface area contributed by atoms with E-state index in [9.17, 15) is 18.4 Å². The van der Waals surface area contributed by atoms with Crippen molar-refractivity contribution in [2.24, 2.45) is 5.92 Å². The van der Waals surface area contributed by atoms with Gasteiger partial charge in [-0.05, 0) is 12.8 Å². The normalized spacial score (nSPS) is 28.9. The van der Waals surface area contributed by atoms with E-state index < -0.39 is 30.3 Å². The Morgan fingerprint density at radius 1 is 1.42 bits per heavy atom. The van der Waals surface area contributed by atoms with E-state index in [4.69, 9.17) is 9.84 Å². The molecule has 0 aliphatic heterocycles. The van der Waals surface area contributed by atoms with Crippen LogP contribution in [-0.4, -0.2) is 47.0 Å². The van der Waals surface area contributed by atoms with Crippen LogP contribution in [0.5, 0.6) is 0 Å². The molecule has 0 aromatic rings. The maximum absolute atomic E-state index is 13.5. The van der Waals surface area contributed by atoms with Gasteiger partial charge in [0.1, 0.15) is 12.3 Å². The van der Waals surface area contributed by atoms with Gasteiger partial charge < -0.3 is 9.84 Å². The van der Waals surface area contributed by atoms with Gasteiger partial charge in [0.15, 0.2) is 5.12 Å². The molecule has 0 heterocycles. The number of carboxylic acids is 1. The number of hydrogen-bond acceptors (Lipinski definition) is 4. The predicted octanol–water partition coefficient (Wildman–Crippen LogP) is 2.21. The molecule has 0 aromatic carbocycles. The Morgan fingerprint density at radius 2 is 2.11 bits per heavy atom. The van der Waals surface area contributed by atoms with Crippen LogP contribution in [0, 0.1) is 5.92 Å². The molecule has 0 spiro atoms. The van der Waals surface area contributed by atoms with Crippen LogP contribution in [-0.2, 0) is 14.3 Å². The van der Waals surface area contributed by atoms with Crippen molar-refractivity contribution in [3.8, 4) is 0 Å². The van der Waals surface area contributed by atoms with Crippen molar-refractivity contribution in [1.82, 2.24) is 0 Å². The third-order valence-corrected chi connectivity index (χ3v) is 3.97. The summed E-state index contributed by atoms with van der Waals surface area (Å²) in [4.78, 5) is 21.8. The minimum absolute atomic E-state index is 0.0973. The fraction of sp³-hybridized carbons (Fsp3) is 0.833. The van der Waals surface area contributed by atoms with Crippen LogP contribution in [0.1, 0.15) is 26.2 Å². The Hall–Kier alpha value is -0.690. The van der Waals surface area contributed by atoms with E-state index in [1.54, 1.807) is 0 Å². The van der Waals surface area contributed by atoms with Crippen molar-refractivity contribution in [3.63, 3.8) is 0 Å². The Bertz CT molecular complexity index is 327. The van der Waals surface area contributed by atoms with Crippen LogP contribution in [0.25, 0.3) is 0 Å². The third-order valence-electron chi connectivity index (χ3n) is 3.00. The van der Waals surface area contributed by atoms with Crippen LogP contribution in [0.15, 0.2) is 0 Å². The molecule has 0 saturated heterocycles. The van der Waals surface area contributed by atoms with Crippen LogP contribution in [0.4, 0.5) is 8.78 Å². The van der Waals surface area contributed by atoms with Crippen LogP contribution >= 0.6 is 11.8 Å². The van der Waals surface area contributed by atoms with Crippen LogP contribution in [0.2, 0.25) is 0 Å². The molecular weight excluding hydrogens is 278 g/mol. The second kappa shape index (κ2) is 7.79. The standard InChI is InChI=1S/C12H18F2O4S/c1-7(15)19-6-8(12(16)17)5-18-11-3-2-9(13)4-10(11)14/h8-11H,2-6H2,1H3,(H,16,17). The molecule has 0 bridgehead atoms. The predicted molar refractivity (Wildman–Crippen MR) is 67.6 cm³/mol. The van der Waals surface area contributed by atoms with E-state index in [-0.39, 0.29) is 36.7 Å². The lowest BCUT2D eigenvalue weighted by molar-refractivity contribution is -0.145. The number of carbonyl (C=O) groups is 2. The summed E-state index contributed by atoms with van der Waals surface area (Å²) >= 11 is 0.902. The van der Waals surface area contributed by atoms with Crippen molar-refractivity contribution >= 4 is 22.8 Å². The van der Waals surface area contributed by atoms with Gasteiger partial charge in [-0.25, -0.2) is 8.78 Å². The Balaban J connectivity index is 2.38. The van der Waals surface area contributed by atoms with Crippen molar-refractivity contribution in [3.05, 3.63) is 0 Å². The summed E-state index contributed by atoms with van der Waals surface area (Å²) in [6.45, 7) is 1.20. The number of halogens is 2. The summed E-state index contributed by atoms with van der Waals surface area (Å²) < 4.78 is 31.7. The van der Waals surface area contributed by atoms with E-state index in [0.717, 1.165) is 11.8 Å². The zero-order chi connectivity index (χ0) is 14.4. The summed E-state index contributed by atoms with van der Waals surface area (Å²) in [7, 11) is 0. The van der Waals surface area contributed by atoms with Crippen molar-refractivity contribution in [1.29, 1.82) is 0 Å². The highest BCUT2D eigenvalue weighted by atomic mass is 32.2. The molecule has 19 heavy (non-hydrogen) atoms. The molecule has 7 heteroatoms. The quantitative estimate of drug-likeness (QED) is 0.814. The van der Waals surface area contributed by atoms with Crippen molar-refractivity contribution in [2.75, 3.05) is 12.4 Å². The number of carboxylic acid groups (broad SMARTS) is 1. The van der Waals surface area contributed by atoms with Gasteiger partial charge in [0.05, 0.1) is 18.6 Å². The number of ether oxygens (including phenoxy) is 1. The van der Waals surface area contributed by atoms with Crippen LogP contribution < -0.4 is 0 Å². The van der Waals surface area contributed by atoms with Crippen molar-refractivity contribution < 1.29 is 28.2 Å². The molecule has 0 radical (unpaired) electrons. The second-order valence-corrected chi connectivity index (χ2v) is 5.83. The van der Waals surface area contributed by atoms with Gasteiger partial charge in [0.2, 0.25) is 0 Å². The molecular formula is C12H18F2O4S. The smallest absolute Gasteiger partial charge is 0.309 e. The SMILES string of the molecule is CC(=O)SCC(COC1CCC(F)CC1F)C(=O)O. The van der Waals surface area contributed by atoms with Gasteiger partial charge >= 0.3 is 5.97 Å². The molecule has 4 nitrogen and oxygen atoms in total. The topological polar surface area (TPSA) is 63.6 Å². The summed E-state index contributed by atoms with van der Waals surface area (Å²) in [5.74, 6) is -1.84. The Kier molecular flexibility index (Phi) is 6.71. The van der Waals surface area contributed by atoms with E-state index in [0.29, 0.717) is 0 Å². The Labute approximate surface area is 114 Å². The highest BCUT2D eigenvalue weighted by molar-refractivity contribution is 8.13. The monoisotopic (exact) mass is 296 g/mol. The van der Waals surface area contributed by atoms with Gasteiger partial charge in [-0.1, -0.05) is 11.8 Å². The van der Waals surface area contributed by atoms with E-state index >= 15 is 0 Å².